The number of nitrogens with zero attached hydrogens (tertiary/aromatic N) is 1. The summed E-state index contributed by atoms with van der Waals surface area (Å²) in [6.07, 6.45) is 2.38. The van der Waals surface area contributed by atoms with Crippen molar-refractivity contribution in [2.75, 3.05) is 6.54 Å². The zero-order valence-corrected chi connectivity index (χ0v) is 13.6. The first kappa shape index (κ1) is 18.3. The first-order valence-corrected chi connectivity index (χ1v) is 8.14. The molecule has 24 heavy (non-hydrogen) atoms. The van der Waals surface area contributed by atoms with E-state index in [0.29, 0.717) is 32.2 Å². The lowest BCUT2D eigenvalue weighted by Crippen LogP contribution is -2.54. The Bertz CT molecular complexity index is 609. The molecule has 1 aromatic carbocycles. The Labute approximate surface area is 139 Å². The highest BCUT2D eigenvalue weighted by Gasteiger charge is 2.32. The molecule has 0 saturated carbocycles. The number of amides is 1. The van der Waals surface area contributed by atoms with Crippen LogP contribution in [0.3, 0.4) is 0 Å². The number of halogens is 2. The number of carboxylic acid groups (broad SMARTS) is 1. The molecule has 1 saturated heterocycles. The van der Waals surface area contributed by atoms with Crippen molar-refractivity contribution in [3.8, 4) is 0 Å². The molecule has 1 fully saturated rings. The average molecular weight is 340 g/mol. The summed E-state index contributed by atoms with van der Waals surface area (Å²) in [5.41, 5.74) is 0.244. The van der Waals surface area contributed by atoms with Gasteiger partial charge in [0.05, 0.1) is 6.04 Å². The molecule has 2 atom stereocenters. The van der Waals surface area contributed by atoms with Crippen LogP contribution >= 0.6 is 0 Å². The van der Waals surface area contributed by atoms with Gasteiger partial charge in [0.2, 0.25) is 5.91 Å². The fraction of sp³-hybridized carbons (Fsp3) is 0.529. The van der Waals surface area contributed by atoms with Gasteiger partial charge >= 0.3 is 5.97 Å². The van der Waals surface area contributed by atoms with Crippen LogP contribution in [0.15, 0.2) is 18.2 Å². The Morgan fingerprint density at radius 2 is 2.21 bits per heavy atom. The van der Waals surface area contributed by atoms with Crippen molar-refractivity contribution in [1.29, 1.82) is 0 Å². The Balaban J connectivity index is 2.05. The number of carbonyl (C=O) groups is 2. The predicted octanol–water partition coefficient (Wildman–Crippen LogP) is 2.30. The van der Waals surface area contributed by atoms with Crippen molar-refractivity contribution in [2.24, 2.45) is 0 Å². The van der Waals surface area contributed by atoms with E-state index in [2.05, 4.69) is 5.32 Å². The maximum Gasteiger partial charge on any atom is 0.320 e. The van der Waals surface area contributed by atoms with Crippen molar-refractivity contribution >= 4 is 11.9 Å². The van der Waals surface area contributed by atoms with Crippen LogP contribution in [0.4, 0.5) is 8.78 Å². The Morgan fingerprint density at radius 3 is 2.83 bits per heavy atom. The molecule has 0 bridgehead atoms. The highest BCUT2D eigenvalue weighted by Crippen LogP contribution is 2.18. The smallest absolute Gasteiger partial charge is 0.320 e. The van der Waals surface area contributed by atoms with Crippen LogP contribution in [0.1, 0.15) is 38.2 Å². The number of likely N-dealkylation sites (tertiary alicyclic amines) is 1. The Morgan fingerprint density at radius 1 is 1.46 bits per heavy atom. The zero-order chi connectivity index (χ0) is 17.7. The lowest BCUT2D eigenvalue weighted by molar-refractivity contribution is -0.141. The minimum Gasteiger partial charge on any atom is -0.480 e. The van der Waals surface area contributed by atoms with Crippen molar-refractivity contribution in [3.05, 3.63) is 35.4 Å². The van der Waals surface area contributed by atoms with E-state index in [4.69, 9.17) is 0 Å². The number of carboxylic acids is 1. The Kier molecular flexibility index (Phi) is 6.25. The number of piperidine rings is 1. The molecule has 1 amide bonds. The van der Waals surface area contributed by atoms with Crippen LogP contribution < -0.4 is 5.32 Å². The number of nitrogens with one attached hydrogen (secondary N) is 1. The molecule has 7 heteroatoms. The molecule has 0 aromatic heterocycles. The first-order valence-electron chi connectivity index (χ1n) is 8.14. The third-order valence-corrected chi connectivity index (χ3v) is 4.18. The van der Waals surface area contributed by atoms with Crippen molar-refractivity contribution in [1.82, 2.24) is 10.2 Å². The van der Waals surface area contributed by atoms with E-state index in [1.807, 2.05) is 6.92 Å². The summed E-state index contributed by atoms with van der Waals surface area (Å²) >= 11 is 0. The lowest BCUT2D eigenvalue weighted by atomic mass is 10.0. The predicted molar refractivity (Wildman–Crippen MR) is 84.3 cm³/mol. The van der Waals surface area contributed by atoms with Crippen molar-refractivity contribution in [2.45, 2.75) is 51.2 Å². The molecule has 0 aliphatic carbocycles. The highest BCUT2D eigenvalue weighted by molar-refractivity contribution is 5.84. The standard InChI is InChI=1S/C17H22F2N2O3/c1-2-4-15(17(23)24)20-14-5-3-8-21(16(14)22)10-11-6-7-12(18)9-13(11)19/h6-7,9,14-15,20H,2-5,8,10H2,1H3,(H,23,24). The number of hydrogen-bond acceptors (Lipinski definition) is 3. The van der Waals surface area contributed by atoms with Gasteiger partial charge in [0.25, 0.3) is 0 Å². The van der Waals surface area contributed by atoms with E-state index in [-0.39, 0.29) is 18.0 Å². The van der Waals surface area contributed by atoms with Crippen LogP contribution in [0.5, 0.6) is 0 Å². The van der Waals surface area contributed by atoms with Gasteiger partial charge in [0, 0.05) is 24.7 Å². The van der Waals surface area contributed by atoms with Crippen LogP contribution in [0.25, 0.3) is 0 Å². The molecular formula is C17H22F2N2O3. The quantitative estimate of drug-likeness (QED) is 0.799. The maximum atomic E-state index is 13.8. The van der Waals surface area contributed by atoms with E-state index in [1.165, 1.54) is 11.0 Å². The van der Waals surface area contributed by atoms with Crippen LogP contribution in [-0.2, 0) is 16.1 Å². The number of hydrogen-bond donors (Lipinski definition) is 2. The second kappa shape index (κ2) is 8.19. The van der Waals surface area contributed by atoms with Crippen LogP contribution in [0.2, 0.25) is 0 Å². The largest absolute Gasteiger partial charge is 0.480 e. The topological polar surface area (TPSA) is 69.6 Å². The van der Waals surface area contributed by atoms with Crippen LogP contribution in [-0.4, -0.2) is 40.5 Å². The molecule has 0 radical (unpaired) electrons. The summed E-state index contributed by atoms with van der Waals surface area (Å²) in [6.45, 7) is 2.40. The van der Waals surface area contributed by atoms with Gasteiger partial charge in [-0.3, -0.25) is 14.9 Å². The molecule has 1 heterocycles. The monoisotopic (exact) mass is 340 g/mol. The SMILES string of the molecule is CCCC(NC1CCCN(Cc2ccc(F)cc2F)C1=O)C(=O)O. The Hall–Kier alpha value is -2.02. The fourth-order valence-electron chi connectivity index (χ4n) is 2.92. The van der Waals surface area contributed by atoms with Gasteiger partial charge in [-0.15, -0.1) is 0 Å². The van der Waals surface area contributed by atoms with Gasteiger partial charge in [-0.2, -0.15) is 0 Å². The van der Waals surface area contributed by atoms with E-state index in [1.54, 1.807) is 0 Å². The summed E-state index contributed by atoms with van der Waals surface area (Å²) in [6, 6.07) is 1.92. The minimum absolute atomic E-state index is 0.0502. The second-order valence-corrected chi connectivity index (χ2v) is 6.04. The molecule has 0 spiro atoms. The van der Waals surface area contributed by atoms with E-state index < -0.39 is 29.7 Å². The van der Waals surface area contributed by atoms with E-state index in [9.17, 15) is 23.5 Å². The third-order valence-electron chi connectivity index (χ3n) is 4.18. The average Bonchev–Trinajstić information content (AvgIpc) is 2.52. The molecule has 2 rings (SSSR count). The summed E-state index contributed by atoms with van der Waals surface area (Å²) in [4.78, 5) is 25.3. The van der Waals surface area contributed by atoms with Gasteiger partial charge in [-0.1, -0.05) is 19.4 Å². The van der Waals surface area contributed by atoms with Gasteiger partial charge in [0.1, 0.15) is 17.7 Å². The molecular weight excluding hydrogens is 318 g/mol. The molecule has 1 aliphatic heterocycles. The maximum absolute atomic E-state index is 13.8. The van der Waals surface area contributed by atoms with Crippen molar-refractivity contribution < 1.29 is 23.5 Å². The number of rotatable bonds is 7. The minimum atomic E-state index is -0.980. The molecule has 2 unspecified atom stereocenters. The molecule has 1 aromatic rings. The van der Waals surface area contributed by atoms with Gasteiger partial charge in [0.15, 0.2) is 0 Å². The number of aliphatic carboxylic acids is 1. The van der Waals surface area contributed by atoms with E-state index >= 15 is 0 Å². The van der Waals surface area contributed by atoms with Crippen molar-refractivity contribution in [3.63, 3.8) is 0 Å². The fourth-order valence-corrected chi connectivity index (χ4v) is 2.92. The summed E-state index contributed by atoms with van der Waals surface area (Å²) in [5.74, 6) is -2.57. The number of carbonyl (C=O) groups excluding carboxylic acids is 1. The molecule has 1 aliphatic rings. The highest BCUT2D eigenvalue weighted by atomic mass is 19.1. The van der Waals surface area contributed by atoms with Gasteiger partial charge in [-0.25, -0.2) is 8.78 Å². The van der Waals surface area contributed by atoms with E-state index in [0.717, 1.165) is 12.1 Å². The summed E-state index contributed by atoms with van der Waals surface area (Å²) in [7, 11) is 0. The van der Waals surface area contributed by atoms with Gasteiger partial charge < -0.3 is 10.0 Å². The zero-order valence-electron chi connectivity index (χ0n) is 13.6. The van der Waals surface area contributed by atoms with Gasteiger partial charge in [-0.05, 0) is 25.3 Å². The molecule has 5 nitrogen and oxygen atoms in total. The molecule has 132 valence electrons. The third kappa shape index (κ3) is 4.50. The summed E-state index contributed by atoms with van der Waals surface area (Å²) < 4.78 is 26.7. The lowest BCUT2D eigenvalue weighted by Gasteiger charge is -2.34. The first-order chi connectivity index (χ1) is 11.4. The normalized spacial score (nSPS) is 19.4. The van der Waals surface area contributed by atoms with Crippen LogP contribution in [0, 0.1) is 11.6 Å². The molecule has 2 N–H and O–H groups in total. The summed E-state index contributed by atoms with van der Waals surface area (Å²) in [5, 5.41) is 12.1. The second-order valence-electron chi connectivity index (χ2n) is 6.04. The number of benzene rings is 1.